The number of amides is 1. The van der Waals surface area contributed by atoms with Gasteiger partial charge in [-0.1, -0.05) is 18.2 Å². The van der Waals surface area contributed by atoms with Gasteiger partial charge in [0.2, 0.25) is 5.91 Å². The summed E-state index contributed by atoms with van der Waals surface area (Å²) in [4.78, 5) is 14.5. The SMILES string of the molecule is CC1CC(CN)CN1C(=O)Cc1ccc2c(c1)CCC2.Cl. The van der Waals surface area contributed by atoms with Crippen LogP contribution >= 0.6 is 12.4 Å². The van der Waals surface area contributed by atoms with E-state index in [4.69, 9.17) is 5.73 Å². The van der Waals surface area contributed by atoms with Gasteiger partial charge in [-0.3, -0.25) is 4.79 Å². The third-order valence-corrected chi connectivity index (χ3v) is 4.83. The van der Waals surface area contributed by atoms with E-state index in [9.17, 15) is 4.79 Å². The lowest BCUT2D eigenvalue weighted by atomic mass is 10.0. The Bertz CT molecular complexity index is 518. The van der Waals surface area contributed by atoms with E-state index in [0.29, 0.717) is 24.9 Å². The van der Waals surface area contributed by atoms with E-state index in [1.807, 2.05) is 4.90 Å². The first-order valence-corrected chi connectivity index (χ1v) is 7.77. The minimum absolute atomic E-state index is 0. The smallest absolute Gasteiger partial charge is 0.227 e. The molecule has 2 N–H and O–H groups in total. The summed E-state index contributed by atoms with van der Waals surface area (Å²) in [7, 11) is 0. The summed E-state index contributed by atoms with van der Waals surface area (Å²) < 4.78 is 0. The molecule has 1 fully saturated rings. The van der Waals surface area contributed by atoms with Crippen LogP contribution in [0.4, 0.5) is 0 Å². The monoisotopic (exact) mass is 308 g/mol. The Labute approximate surface area is 133 Å². The Morgan fingerprint density at radius 2 is 2.10 bits per heavy atom. The zero-order valence-electron chi connectivity index (χ0n) is 12.7. The summed E-state index contributed by atoms with van der Waals surface area (Å²) in [5.74, 6) is 0.736. The number of likely N-dealkylation sites (tertiary alicyclic amines) is 1. The second-order valence-corrected chi connectivity index (χ2v) is 6.37. The fourth-order valence-corrected chi connectivity index (χ4v) is 3.67. The number of nitrogens with two attached hydrogens (primary N) is 1. The molecule has 1 aliphatic heterocycles. The van der Waals surface area contributed by atoms with Crippen LogP contribution < -0.4 is 5.73 Å². The number of hydrogen-bond acceptors (Lipinski definition) is 2. The zero-order chi connectivity index (χ0) is 14.1. The molecule has 1 aliphatic carbocycles. The lowest BCUT2D eigenvalue weighted by molar-refractivity contribution is -0.131. The normalized spacial score (nSPS) is 23.8. The Hall–Kier alpha value is -1.06. The maximum Gasteiger partial charge on any atom is 0.227 e. The maximum atomic E-state index is 12.5. The van der Waals surface area contributed by atoms with E-state index in [1.54, 1.807) is 0 Å². The first-order valence-electron chi connectivity index (χ1n) is 7.77. The van der Waals surface area contributed by atoms with Gasteiger partial charge in [-0.2, -0.15) is 0 Å². The van der Waals surface area contributed by atoms with Crippen molar-refractivity contribution in [2.24, 2.45) is 11.7 Å². The van der Waals surface area contributed by atoms with Crippen molar-refractivity contribution in [1.82, 2.24) is 4.90 Å². The molecule has 2 unspecified atom stereocenters. The number of nitrogens with zero attached hydrogens (tertiary/aromatic N) is 1. The average molecular weight is 309 g/mol. The molecule has 2 atom stereocenters. The van der Waals surface area contributed by atoms with E-state index in [2.05, 4.69) is 25.1 Å². The van der Waals surface area contributed by atoms with Crippen molar-refractivity contribution in [1.29, 1.82) is 0 Å². The van der Waals surface area contributed by atoms with Crippen LogP contribution in [0.25, 0.3) is 0 Å². The molecule has 1 aromatic rings. The van der Waals surface area contributed by atoms with Gasteiger partial charge >= 0.3 is 0 Å². The molecule has 1 heterocycles. The third-order valence-electron chi connectivity index (χ3n) is 4.83. The number of benzene rings is 1. The van der Waals surface area contributed by atoms with E-state index < -0.39 is 0 Å². The predicted octanol–water partition coefficient (Wildman–Crippen LogP) is 2.34. The van der Waals surface area contributed by atoms with E-state index in [1.165, 1.54) is 36.0 Å². The zero-order valence-corrected chi connectivity index (χ0v) is 13.5. The minimum atomic E-state index is 0. The lowest BCUT2D eigenvalue weighted by Gasteiger charge is -2.21. The van der Waals surface area contributed by atoms with E-state index in [0.717, 1.165) is 13.0 Å². The van der Waals surface area contributed by atoms with Crippen LogP contribution in [0.5, 0.6) is 0 Å². The molecule has 1 amide bonds. The van der Waals surface area contributed by atoms with E-state index in [-0.39, 0.29) is 18.3 Å². The summed E-state index contributed by atoms with van der Waals surface area (Å²) in [5, 5.41) is 0. The number of halogens is 1. The van der Waals surface area contributed by atoms with Crippen LogP contribution in [0.2, 0.25) is 0 Å². The van der Waals surface area contributed by atoms with Crippen molar-refractivity contribution in [2.75, 3.05) is 13.1 Å². The predicted molar refractivity (Wildman–Crippen MR) is 87.8 cm³/mol. The molecule has 1 aromatic carbocycles. The molecule has 1 saturated heterocycles. The lowest BCUT2D eigenvalue weighted by Crippen LogP contribution is -2.35. The number of carbonyl (C=O) groups excluding carboxylic acids is 1. The largest absolute Gasteiger partial charge is 0.339 e. The molecule has 116 valence electrons. The molecule has 0 spiro atoms. The third kappa shape index (κ3) is 3.41. The Morgan fingerprint density at radius 3 is 2.81 bits per heavy atom. The van der Waals surface area contributed by atoms with Gasteiger partial charge in [0.15, 0.2) is 0 Å². The molecule has 0 radical (unpaired) electrons. The topological polar surface area (TPSA) is 46.3 Å². The molecule has 4 heteroatoms. The maximum absolute atomic E-state index is 12.5. The Balaban J connectivity index is 0.00000161. The number of aryl methyl sites for hydroxylation is 2. The fraction of sp³-hybridized carbons (Fsp3) is 0.588. The molecule has 0 aromatic heterocycles. The molecule has 3 rings (SSSR count). The highest BCUT2D eigenvalue weighted by Crippen LogP contribution is 2.25. The number of rotatable bonds is 3. The standard InChI is InChI=1S/C17H24N2O.ClH/c1-12-7-14(10-18)11-19(12)17(20)9-13-5-6-15-3-2-4-16(15)8-13;/h5-6,8,12,14H,2-4,7,9-11,18H2,1H3;1H. The van der Waals surface area contributed by atoms with E-state index >= 15 is 0 Å². The van der Waals surface area contributed by atoms with Gasteiger partial charge in [0.05, 0.1) is 6.42 Å². The van der Waals surface area contributed by atoms with Gasteiger partial charge in [-0.25, -0.2) is 0 Å². The van der Waals surface area contributed by atoms with Gasteiger partial charge in [0.1, 0.15) is 0 Å². The van der Waals surface area contributed by atoms with Crippen molar-refractivity contribution < 1.29 is 4.79 Å². The first kappa shape index (κ1) is 16.3. The minimum Gasteiger partial charge on any atom is -0.339 e. The highest BCUT2D eigenvalue weighted by atomic mass is 35.5. The number of carbonyl (C=O) groups is 1. The molecular weight excluding hydrogens is 284 g/mol. The van der Waals surface area contributed by atoms with Crippen LogP contribution in [-0.4, -0.2) is 29.9 Å². The first-order chi connectivity index (χ1) is 9.67. The molecule has 0 bridgehead atoms. The van der Waals surface area contributed by atoms with Gasteiger partial charge in [0.25, 0.3) is 0 Å². The number of hydrogen-bond donors (Lipinski definition) is 1. The van der Waals surface area contributed by atoms with Crippen molar-refractivity contribution in [2.45, 2.75) is 45.1 Å². The molecule has 21 heavy (non-hydrogen) atoms. The van der Waals surface area contributed by atoms with Gasteiger partial charge in [-0.15, -0.1) is 12.4 Å². The average Bonchev–Trinajstić information content (AvgIpc) is 3.04. The second-order valence-electron chi connectivity index (χ2n) is 6.37. The Morgan fingerprint density at radius 1 is 1.33 bits per heavy atom. The summed E-state index contributed by atoms with van der Waals surface area (Å²) in [5.41, 5.74) is 9.82. The van der Waals surface area contributed by atoms with Gasteiger partial charge < -0.3 is 10.6 Å². The molecule has 2 aliphatic rings. The van der Waals surface area contributed by atoms with Crippen LogP contribution in [0, 0.1) is 5.92 Å². The Kier molecular flexibility index (Phi) is 5.28. The number of fused-ring (bicyclic) bond motifs is 1. The molecule has 0 saturated carbocycles. The summed E-state index contributed by atoms with van der Waals surface area (Å²) in [6.07, 6.45) is 5.22. The molecular formula is C17H25ClN2O. The summed E-state index contributed by atoms with van der Waals surface area (Å²) in [6, 6.07) is 6.91. The summed E-state index contributed by atoms with van der Waals surface area (Å²) in [6.45, 7) is 3.66. The summed E-state index contributed by atoms with van der Waals surface area (Å²) >= 11 is 0. The highest BCUT2D eigenvalue weighted by Gasteiger charge is 2.31. The van der Waals surface area contributed by atoms with Gasteiger partial charge in [0, 0.05) is 12.6 Å². The highest BCUT2D eigenvalue weighted by molar-refractivity contribution is 5.85. The van der Waals surface area contributed by atoms with Crippen molar-refractivity contribution in [3.8, 4) is 0 Å². The van der Waals surface area contributed by atoms with Crippen LogP contribution in [0.1, 0.15) is 36.5 Å². The van der Waals surface area contributed by atoms with Crippen LogP contribution in [0.15, 0.2) is 18.2 Å². The second kappa shape index (κ2) is 6.80. The fourth-order valence-electron chi connectivity index (χ4n) is 3.67. The van der Waals surface area contributed by atoms with Crippen LogP contribution in [0.3, 0.4) is 0 Å². The van der Waals surface area contributed by atoms with Crippen molar-refractivity contribution >= 4 is 18.3 Å². The molecule has 3 nitrogen and oxygen atoms in total. The quantitative estimate of drug-likeness (QED) is 0.931. The van der Waals surface area contributed by atoms with Crippen molar-refractivity contribution in [3.63, 3.8) is 0 Å². The van der Waals surface area contributed by atoms with Gasteiger partial charge in [-0.05, 0) is 61.8 Å². The van der Waals surface area contributed by atoms with Crippen molar-refractivity contribution in [3.05, 3.63) is 34.9 Å². The van der Waals surface area contributed by atoms with Crippen LogP contribution in [-0.2, 0) is 24.1 Å².